The summed E-state index contributed by atoms with van der Waals surface area (Å²) in [5, 5.41) is 13.5. The number of hydrogen-bond donors (Lipinski definition) is 2. The molecule has 0 aliphatic heterocycles. The van der Waals surface area contributed by atoms with Gasteiger partial charge in [-0.25, -0.2) is 4.79 Å². The summed E-state index contributed by atoms with van der Waals surface area (Å²) in [5.74, 6) is 0.225. The van der Waals surface area contributed by atoms with Gasteiger partial charge in [0.1, 0.15) is 18.5 Å². The highest BCUT2D eigenvalue weighted by molar-refractivity contribution is 5.89. The number of nitrogens with one attached hydrogen (secondary N) is 1. The molecule has 0 heterocycles. The van der Waals surface area contributed by atoms with Gasteiger partial charge >= 0.3 is 5.97 Å². The number of aliphatic hydroxyl groups is 1. The summed E-state index contributed by atoms with van der Waals surface area (Å²) in [6, 6.07) is 6.66. The van der Waals surface area contributed by atoms with Gasteiger partial charge in [-0.1, -0.05) is 20.8 Å². The molecule has 24 heavy (non-hydrogen) atoms. The quantitative estimate of drug-likeness (QED) is 0.714. The Kier molecular flexibility index (Phi) is 7.24. The van der Waals surface area contributed by atoms with Crippen molar-refractivity contribution in [1.29, 1.82) is 0 Å². The lowest BCUT2D eigenvalue weighted by atomic mass is 9.82. The minimum atomic E-state index is -0.607. The topological polar surface area (TPSA) is 67.8 Å². The van der Waals surface area contributed by atoms with Gasteiger partial charge in [-0.15, -0.1) is 0 Å². The molecule has 1 atom stereocenters. The largest absolute Gasteiger partial charge is 0.491 e. The first-order valence-electron chi connectivity index (χ1n) is 8.27. The second kappa shape index (κ2) is 8.49. The molecule has 0 unspecified atom stereocenters. The number of esters is 1. The molecule has 2 N–H and O–H groups in total. The number of carbonyl (C=O) groups excluding carboxylic acids is 1. The van der Waals surface area contributed by atoms with E-state index in [-0.39, 0.29) is 23.5 Å². The lowest BCUT2D eigenvalue weighted by Crippen LogP contribution is -2.46. The summed E-state index contributed by atoms with van der Waals surface area (Å²) in [6.07, 6.45) is 0.396. The lowest BCUT2D eigenvalue weighted by Gasteiger charge is -2.34. The molecule has 0 saturated heterocycles. The Morgan fingerprint density at radius 3 is 2.25 bits per heavy atom. The molecular weight excluding hydrogens is 306 g/mol. The van der Waals surface area contributed by atoms with Crippen LogP contribution in [0.1, 0.15) is 51.4 Å². The fourth-order valence-electron chi connectivity index (χ4n) is 2.84. The predicted molar refractivity (Wildman–Crippen MR) is 95.4 cm³/mol. The van der Waals surface area contributed by atoms with Crippen LogP contribution in [0.15, 0.2) is 24.3 Å². The molecule has 5 nitrogen and oxygen atoms in total. The Morgan fingerprint density at radius 2 is 1.75 bits per heavy atom. The number of aliphatic hydroxyl groups excluding tert-OH is 1. The van der Waals surface area contributed by atoms with Crippen LogP contribution < -0.4 is 10.1 Å². The minimum Gasteiger partial charge on any atom is -0.491 e. The first-order valence-corrected chi connectivity index (χ1v) is 8.27. The minimum absolute atomic E-state index is 0.0542. The van der Waals surface area contributed by atoms with Crippen LogP contribution in [0.25, 0.3) is 0 Å². The average Bonchev–Trinajstić information content (AvgIpc) is 2.48. The molecule has 0 spiro atoms. The van der Waals surface area contributed by atoms with E-state index in [0.717, 1.165) is 6.42 Å². The van der Waals surface area contributed by atoms with Crippen LogP contribution in [0, 0.1) is 5.41 Å². The highest BCUT2D eigenvalue weighted by atomic mass is 16.5. The van der Waals surface area contributed by atoms with E-state index in [9.17, 15) is 9.90 Å². The maximum Gasteiger partial charge on any atom is 0.337 e. The van der Waals surface area contributed by atoms with E-state index in [0.29, 0.717) is 17.9 Å². The summed E-state index contributed by atoms with van der Waals surface area (Å²) in [7, 11) is 1.34. The first-order chi connectivity index (χ1) is 11.0. The average molecular weight is 337 g/mol. The molecule has 136 valence electrons. The SMILES string of the molecule is COC(=O)c1ccc(OC[C@@H](O)CNC(C)(C)CC(C)(C)C)cc1. The summed E-state index contributed by atoms with van der Waals surface area (Å²) >= 11 is 0. The molecule has 1 aromatic rings. The van der Waals surface area contributed by atoms with Gasteiger partial charge in [-0.05, 0) is 49.9 Å². The summed E-state index contributed by atoms with van der Waals surface area (Å²) in [4.78, 5) is 11.4. The number of hydrogen-bond acceptors (Lipinski definition) is 5. The molecule has 0 saturated carbocycles. The molecular formula is C19H31NO4. The first kappa shape index (κ1) is 20.5. The molecule has 0 amide bonds. The third kappa shape index (κ3) is 7.79. The Morgan fingerprint density at radius 1 is 1.17 bits per heavy atom. The van der Waals surface area contributed by atoms with Crippen LogP contribution in [-0.2, 0) is 4.74 Å². The number of ether oxygens (including phenoxy) is 2. The Labute approximate surface area is 145 Å². The van der Waals surface area contributed by atoms with Crippen molar-refractivity contribution in [3.8, 4) is 5.75 Å². The van der Waals surface area contributed by atoms with Crippen LogP contribution in [0.2, 0.25) is 0 Å². The van der Waals surface area contributed by atoms with Crippen molar-refractivity contribution in [2.75, 3.05) is 20.3 Å². The third-order valence-electron chi connectivity index (χ3n) is 3.51. The van der Waals surface area contributed by atoms with Crippen molar-refractivity contribution in [2.24, 2.45) is 5.41 Å². The molecule has 0 radical (unpaired) electrons. The van der Waals surface area contributed by atoms with Crippen molar-refractivity contribution >= 4 is 5.97 Å². The van der Waals surface area contributed by atoms with Crippen LogP contribution in [-0.4, -0.2) is 43.0 Å². The molecule has 0 aliphatic rings. The fraction of sp³-hybridized carbons (Fsp3) is 0.632. The van der Waals surface area contributed by atoms with Gasteiger partial charge in [0.15, 0.2) is 0 Å². The van der Waals surface area contributed by atoms with Crippen molar-refractivity contribution in [3.05, 3.63) is 29.8 Å². The van der Waals surface area contributed by atoms with Gasteiger partial charge in [0, 0.05) is 12.1 Å². The number of methoxy groups -OCH3 is 1. The molecule has 0 fully saturated rings. The van der Waals surface area contributed by atoms with Gasteiger partial charge < -0.3 is 19.9 Å². The second-order valence-corrected chi connectivity index (χ2v) is 7.98. The standard InChI is InChI=1S/C19H31NO4/c1-18(2,3)13-19(4,5)20-11-15(21)12-24-16-9-7-14(8-10-16)17(22)23-6/h7-10,15,20-21H,11-13H2,1-6H3/t15-/m0/s1. The van der Waals surface area contributed by atoms with E-state index in [4.69, 9.17) is 4.74 Å². The van der Waals surface area contributed by atoms with E-state index >= 15 is 0 Å². The van der Waals surface area contributed by atoms with Crippen LogP contribution in [0.3, 0.4) is 0 Å². The molecule has 5 heteroatoms. The molecule has 0 bridgehead atoms. The van der Waals surface area contributed by atoms with Gasteiger partial charge in [0.2, 0.25) is 0 Å². The zero-order valence-corrected chi connectivity index (χ0v) is 15.7. The number of rotatable bonds is 8. The van der Waals surface area contributed by atoms with E-state index < -0.39 is 6.10 Å². The van der Waals surface area contributed by atoms with Crippen LogP contribution >= 0.6 is 0 Å². The zero-order chi connectivity index (χ0) is 18.4. The second-order valence-electron chi connectivity index (χ2n) is 7.98. The van der Waals surface area contributed by atoms with Gasteiger partial charge in [0.25, 0.3) is 0 Å². The monoisotopic (exact) mass is 337 g/mol. The van der Waals surface area contributed by atoms with Gasteiger partial charge in [-0.2, -0.15) is 0 Å². The maximum atomic E-state index is 11.4. The van der Waals surface area contributed by atoms with E-state index in [1.807, 2.05) is 0 Å². The number of benzene rings is 1. The van der Waals surface area contributed by atoms with E-state index in [2.05, 4.69) is 44.7 Å². The molecule has 1 aromatic carbocycles. The highest BCUT2D eigenvalue weighted by Gasteiger charge is 2.25. The van der Waals surface area contributed by atoms with Gasteiger partial charge in [-0.3, -0.25) is 0 Å². The Bertz CT molecular complexity index is 517. The molecule has 0 aromatic heterocycles. The van der Waals surface area contributed by atoms with Crippen molar-refractivity contribution in [3.63, 3.8) is 0 Å². The van der Waals surface area contributed by atoms with Crippen molar-refractivity contribution in [2.45, 2.75) is 52.7 Å². The fourth-order valence-corrected chi connectivity index (χ4v) is 2.84. The summed E-state index contributed by atoms with van der Waals surface area (Å²) < 4.78 is 10.2. The van der Waals surface area contributed by atoms with Crippen LogP contribution in [0.4, 0.5) is 0 Å². The highest BCUT2D eigenvalue weighted by Crippen LogP contribution is 2.26. The molecule has 0 aliphatic carbocycles. The lowest BCUT2D eigenvalue weighted by molar-refractivity contribution is 0.0600. The van der Waals surface area contributed by atoms with E-state index in [1.165, 1.54) is 7.11 Å². The summed E-state index contributed by atoms with van der Waals surface area (Å²) in [6.45, 7) is 11.5. The van der Waals surface area contributed by atoms with Crippen molar-refractivity contribution < 1.29 is 19.4 Å². The number of β-amino-alcohol motifs (C(OH)–C–C–N with tert-alkyl or cyclic N) is 1. The smallest absolute Gasteiger partial charge is 0.337 e. The Balaban J connectivity index is 2.41. The predicted octanol–water partition coefficient (Wildman–Crippen LogP) is 3.02. The Hall–Kier alpha value is -1.59. The third-order valence-corrected chi connectivity index (χ3v) is 3.51. The summed E-state index contributed by atoms with van der Waals surface area (Å²) in [5.41, 5.74) is 0.636. The van der Waals surface area contributed by atoms with Crippen molar-refractivity contribution in [1.82, 2.24) is 5.32 Å². The normalized spacial score (nSPS) is 13.5. The maximum absolute atomic E-state index is 11.4. The number of carbonyl (C=O) groups is 1. The molecule has 1 rings (SSSR count). The van der Waals surface area contributed by atoms with Gasteiger partial charge in [0.05, 0.1) is 12.7 Å². The van der Waals surface area contributed by atoms with E-state index in [1.54, 1.807) is 24.3 Å². The van der Waals surface area contributed by atoms with Crippen LogP contribution in [0.5, 0.6) is 5.75 Å². The zero-order valence-electron chi connectivity index (χ0n) is 15.7.